The first-order chi connectivity index (χ1) is 16.0. The number of benzene rings is 1. The predicted molar refractivity (Wildman–Crippen MR) is 108 cm³/mol. The van der Waals surface area contributed by atoms with Crippen molar-refractivity contribution in [2.24, 2.45) is 5.73 Å². The molecule has 3 rings (SSSR count). The highest BCUT2D eigenvalue weighted by molar-refractivity contribution is 5.92. The highest BCUT2D eigenvalue weighted by Crippen LogP contribution is 2.31. The van der Waals surface area contributed by atoms with Crippen LogP contribution < -0.4 is 5.73 Å². The highest BCUT2D eigenvalue weighted by Gasteiger charge is 2.48. The van der Waals surface area contributed by atoms with Gasteiger partial charge >= 0.3 is 12.3 Å². The number of likely N-dealkylation sites (N-methyl/N-ethyl adjacent to an activating group) is 1. The van der Waals surface area contributed by atoms with Gasteiger partial charge in [0.1, 0.15) is 0 Å². The Balaban J connectivity index is 1.90. The molecule has 2 N–H and O–H groups in total. The number of alkyl halides is 3. The van der Waals surface area contributed by atoms with Crippen LogP contribution >= 0.6 is 0 Å². The number of rotatable bonds is 7. The van der Waals surface area contributed by atoms with Gasteiger partial charge in [0.25, 0.3) is 5.91 Å². The maximum absolute atomic E-state index is 13.2. The van der Waals surface area contributed by atoms with Gasteiger partial charge < -0.3 is 19.9 Å². The molecule has 1 atom stereocenters. The van der Waals surface area contributed by atoms with E-state index in [1.54, 1.807) is 30.3 Å². The summed E-state index contributed by atoms with van der Waals surface area (Å²) >= 11 is 0. The van der Waals surface area contributed by atoms with Crippen LogP contribution in [-0.2, 0) is 44.9 Å². The minimum Gasteiger partial charge on any atom is -0.432 e. The summed E-state index contributed by atoms with van der Waals surface area (Å²) in [5, 5.41) is 7.53. The first-order valence-electron chi connectivity index (χ1n) is 10.1. The summed E-state index contributed by atoms with van der Waals surface area (Å²) < 4.78 is 45.4. The van der Waals surface area contributed by atoms with E-state index in [2.05, 4.69) is 10.2 Å². The van der Waals surface area contributed by atoms with E-state index in [0.717, 1.165) is 9.63 Å². The quantitative estimate of drug-likeness (QED) is 0.583. The summed E-state index contributed by atoms with van der Waals surface area (Å²) in [6.07, 6.45) is -6.79. The van der Waals surface area contributed by atoms with E-state index in [1.165, 1.54) is 19.1 Å². The molecule has 1 aromatic heterocycles. The zero-order valence-electron chi connectivity index (χ0n) is 18.4. The van der Waals surface area contributed by atoms with Crippen molar-refractivity contribution in [1.29, 1.82) is 0 Å². The molecule has 0 radical (unpaired) electrons. The van der Waals surface area contributed by atoms with Gasteiger partial charge in [-0.3, -0.25) is 14.4 Å². The van der Waals surface area contributed by atoms with Crippen molar-refractivity contribution in [2.45, 2.75) is 37.7 Å². The fourth-order valence-electron chi connectivity index (χ4n) is 3.75. The molecule has 1 aromatic carbocycles. The van der Waals surface area contributed by atoms with Crippen LogP contribution in [0.25, 0.3) is 0 Å². The molecule has 11 nitrogen and oxygen atoms in total. The Bertz CT molecular complexity index is 1060. The number of nitrogens with two attached hydrogens (primary N) is 1. The summed E-state index contributed by atoms with van der Waals surface area (Å²) in [6.45, 7) is -0.565. The van der Waals surface area contributed by atoms with Gasteiger partial charge in [0.15, 0.2) is 5.82 Å². The fourth-order valence-corrected chi connectivity index (χ4v) is 3.75. The Morgan fingerprint density at radius 2 is 1.82 bits per heavy atom. The fraction of sp³-hybridized carbons (Fsp3) is 0.450. The lowest BCUT2D eigenvalue weighted by Gasteiger charge is -2.36. The van der Waals surface area contributed by atoms with Gasteiger partial charge in [-0.05, 0) is 5.56 Å². The van der Waals surface area contributed by atoms with Crippen LogP contribution in [0, 0.1) is 0 Å². The zero-order chi connectivity index (χ0) is 25.1. The summed E-state index contributed by atoms with van der Waals surface area (Å²) in [6, 6.07) is 8.49. The van der Waals surface area contributed by atoms with Gasteiger partial charge in [-0.15, -0.1) is 10.2 Å². The minimum atomic E-state index is -4.69. The SMILES string of the molecule is CON(C)C(=O)[C@@](CC(=O)N1CCn2c(nnc2C(F)(F)F)C1)(Cc1ccccc1)OC(N)=O. The third kappa shape index (κ3) is 5.27. The van der Waals surface area contributed by atoms with E-state index in [-0.39, 0.29) is 31.9 Å². The van der Waals surface area contributed by atoms with Crippen LogP contribution in [0.1, 0.15) is 23.6 Å². The smallest absolute Gasteiger partial charge is 0.432 e. The number of primary amides is 1. The Morgan fingerprint density at radius 3 is 2.41 bits per heavy atom. The van der Waals surface area contributed by atoms with Crippen LogP contribution in [0.2, 0.25) is 0 Å². The average molecular weight is 484 g/mol. The van der Waals surface area contributed by atoms with Gasteiger partial charge in [0, 0.05) is 26.6 Å². The Kier molecular flexibility index (Phi) is 7.09. The van der Waals surface area contributed by atoms with E-state index in [9.17, 15) is 27.6 Å². The second kappa shape index (κ2) is 9.67. The molecule has 1 aliphatic heterocycles. The van der Waals surface area contributed by atoms with E-state index < -0.39 is 41.9 Å². The number of hydroxylamine groups is 2. The van der Waals surface area contributed by atoms with Gasteiger partial charge in [0.2, 0.25) is 17.3 Å². The topological polar surface area (TPSA) is 133 Å². The van der Waals surface area contributed by atoms with Crippen molar-refractivity contribution in [3.8, 4) is 0 Å². The first kappa shape index (κ1) is 25.0. The largest absolute Gasteiger partial charge is 0.451 e. The van der Waals surface area contributed by atoms with Crippen LogP contribution in [-0.4, -0.2) is 68.9 Å². The number of carbonyl (C=O) groups is 3. The number of halogens is 3. The third-order valence-electron chi connectivity index (χ3n) is 5.37. The van der Waals surface area contributed by atoms with E-state index in [0.29, 0.717) is 5.56 Å². The standard InChI is InChI=1S/C20H23F3N6O5/c1-27(33-2)17(31)19(34-18(24)32,10-13-6-4-3-5-7-13)11-15(30)28-8-9-29-14(12-28)25-26-16(29)20(21,22)23/h3-7H,8-12H2,1-2H3,(H2,24,32)/t19-/m0/s1. The number of hydrogen-bond donors (Lipinski definition) is 1. The van der Waals surface area contributed by atoms with E-state index >= 15 is 0 Å². The molecule has 0 bridgehead atoms. The summed E-state index contributed by atoms with van der Waals surface area (Å²) in [4.78, 5) is 44.4. The van der Waals surface area contributed by atoms with Crippen molar-refractivity contribution in [1.82, 2.24) is 24.7 Å². The third-order valence-corrected chi connectivity index (χ3v) is 5.37. The maximum atomic E-state index is 13.2. The molecular weight excluding hydrogens is 461 g/mol. The zero-order valence-corrected chi connectivity index (χ0v) is 18.4. The maximum Gasteiger partial charge on any atom is 0.451 e. The number of amides is 3. The molecular formula is C20H23F3N6O5. The second-order valence-electron chi connectivity index (χ2n) is 7.64. The molecule has 3 amide bonds. The van der Waals surface area contributed by atoms with Crippen LogP contribution in [0.4, 0.5) is 18.0 Å². The monoisotopic (exact) mass is 484 g/mol. The Morgan fingerprint density at radius 1 is 1.15 bits per heavy atom. The van der Waals surface area contributed by atoms with Crippen molar-refractivity contribution >= 4 is 17.9 Å². The number of fused-ring (bicyclic) bond motifs is 1. The second-order valence-corrected chi connectivity index (χ2v) is 7.64. The van der Waals surface area contributed by atoms with E-state index in [1.807, 2.05) is 0 Å². The lowest BCUT2D eigenvalue weighted by atomic mass is 9.89. The predicted octanol–water partition coefficient (Wildman–Crippen LogP) is 1.13. The highest BCUT2D eigenvalue weighted by atomic mass is 19.4. The van der Waals surface area contributed by atoms with Crippen molar-refractivity contribution in [2.75, 3.05) is 20.7 Å². The molecule has 0 saturated heterocycles. The van der Waals surface area contributed by atoms with Crippen LogP contribution in [0.5, 0.6) is 0 Å². The van der Waals surface area contributed by atoms with Crippen molar-refractivity contribution < 1.29 is 37.1 Å². The molecule has 0 saturated carbocycles. The molecule has 0 unspecified atom stereocenters. The molecule has 1 aliphatic rings. The van der Waals surface area contributed by atoms with Gasteiger partial charge in [-0.1, -0.05) is 30.3 Å². The molecule has 0 aliphatic carbocycles. The Labute approximate surface area is 192 Å². The number of ether oxygens (including phenoxy) is 1. The molecule has 0 fully saturated rings. The summed E-state index contributed by atoms with van der Waals surface area (Å²) in [7, 11) is 2.49. The van der Waals surface area contributed by atoms with Crippen LogP contribution in [0.15, 0.2) is 30.3 Å². The average Bonchev–Trinajstić information content (AvgIpc) is 3.22. The summed E-state index contributed by atoms with van der Waals surface area (Å²) in [5.41, 5.74) is 3.76. The minimum absolute atomic E-state index is 0.0586. The molecule has 34 heavy (non-hydrogen) atoms. The normalized spacial score (nSPS) is 15.3. The van der Waals surface area contributed by atoms with E-state index in [4.69, 9.17) is 15.3 Å². The number of nitrogens with zero attached hydrogens (tertiary/aromatic N) is 5. The number of aromatic nitrogens is 3. The summed E-state index contributed by atoms with van der Waals surface area (Å²) in [5.74, 6) is -2.71. The molecule has 2 aromatic rings. The lowest BCUT2D eigenvalue weighted by Crippen LogP contribution is -2.55. The van der Waals surface area contributed by atoms with Gasteiger partial charge in [-0.2, -0.15) is 13.2 Å². The van der Waals surface area contributed by atoms with Crippen LogP contribution in [0.3, 0.4) is 0 Å². The molecule has 14 heteroatoms. The van der Waals surface area contributed by atoms with Crippen molar-refractivity contribution in [3.63, 3.8) is 0 Å². The first-order valence-corrected chi connectivity index (χ1v) is 10.1. The number of hydrogen-bond acceptors (Lipinski definition) is 7. The molecule has 2 heterocycles. The van der Waals surface area contributed by atoms with Crippen molar-refractivity contribution in [3.05, 3.63) is 47.5 Å². The molecule has 184 valence electrons. The Hall–Kier alpha value is -3.68. The number of carbonyl (C=O) groups excluding carboxylic acids is 3. The molecule has 0 spiro atoms. The van der Waals surface area contributed by atoms with Gasteiger partial charge in [-0.25, -0.2) is 9.86 Å². The lowest BCUT2D eigenvalue weighted by molar-refractivity contribution is -0.190. The van der Waals surface area contributed by atoms with Gasteiger partial charge in [0.05, 0.1) is 20.1 Å².